The zero-order chi connectivity index (χ0) is 13.2. The molecule has 2 rings (SSSR count). The fourth-order valence-corrected chi connectivity index (χ4v) is 2.37. The van der Waals surface area contributed by atoms with Crippen molar-refractivity contribution in [3.8, 4) is 11.8 Å². The molecule has 4 heteroatoms. The van der Waals surface area contributed by atoms with E-state index in [1.807, 2.05) is 26.0 Å². The molecule has 1 atom stereocenters. The average molecular weight is 309 g/mol. The van der Waals surface area contributed by atoms with Gasteiger partial charge in [-0.2, -0.15) is 5.26 Å². The van der Waals surface area contributed by atoms with E-state index in [2.05, 4.69) is 33.4 Å². The summed E-state index contributed by atoms with van der Waals surface area (Å²) >= 11 is 3.49. The lowest BCUT2D eigenvalue weighted by molar-refractivity contribution is 0.245. The third-order valence-electron chi connectivity index (χ3n) is 3.10. The van der Waals surface area contributed by atoms with E-state index in [1.54, 1.807) is 0 Å². The molecule has 18 heavy (non-hydrogen) atoms. The summed E-state index contributed by atoms with van der Waals surface area (Å²) in [7, 11) is 0. The Bertz CT molecular complexity index is 479. The van der Waals surface area contributed by atoms with Gasteiger partial charge < -0.3 is 10.1 Å². The Morgan fingerprint density at radius 2 is 2.33 bits per heavy atom. The van der Waals surface area contributed by atoms with Gasteiger partial charge in [0.25, 0.3) is 0 Å². The fourth-order valence-electron chi connectivity index (χ4n) is 2.00. The van der Waals surface area contributed by atoms with Gasteiger partial charge in [0.05, 0.1) is 18.1 Å². The van der Waals surface area contributed by atoms with Gasteiger partial charge in [-0.3, -0.25) is 0 Å². The maximum Gasteiger partial charge on any atom is 0.124 e. The summed E-state index contributed by atoms with van der Waals surface area (Å²) in [5.41, 5.74) is 0.828. The average Bonchev–Trinajstić information content (AvgIpc) is 2.36. The third kappa shape index (κ3) is 3.04. The first kappa shape index (κ1) is 13.4. The van der Waals surface area contributed by atoms with Gasteiger partial charge >= 0.3 is 0 Å². The van der Waals surface area contributed by atoms with Gasteiger partial charge in [0.1, 0.15) is 5.75 Å². The second kappa shape index (κ2) is 5.29. The van der Waals surface area contributed by atoms with Crippen LogP contribution in [0.2, 0.25) is 0 Å². The smallest absolute Gasteiger partial charge is 0.124 e. The molecule has 0 aliphatic carbocycles. The number of nitriles is 1. The summed E-state index contributed by atoms with van der Waals surface area (Å²) in [5, 5.41) is 12.5. The van der Waals surface area contributed by atoms with Crippen LogP contribution in [0, 0.1) is 16.7 Å². The fraction of sp³-hybridized carbons (Fsp3) is 0.500. The number of rotatable bonds is 3. The van der Waals surface area contributed by atoms with Gasteiger partial charge in [-0.25, -0.2) is 0 Å². The van der Waals surface area contributed by atoms with E-state index in [9.17, 15) is 0 Å². The number of nitrogens with zero attached hydrogens (tertiary/aromatic N) is 1. The predicted octanol–water partition coefficient (Wildman–Crippen LogP) is 3.41. The Balaban J connectivity index is 2.13. The number of ether oxygens (including phenoxy) is 1. The number of hydrogen-bond donors (Lipinski definition) is 1. The summed E-state index contributed by atoms with van der Waals surface area (Å²) in [4.78, 5) is 0. The summed E-state index contributed by atoms with van der Waals surface area (Å²) in [6, 6.07) is 8.64. The van der Waals surface area contributed by atoms with Crippen LogP contribution in [0.25, 0.3) is 0 Å². The molecule has 0 aromatic heterocycles. The van der Waals surface area contributed by atoms with Crippen molar-refractivity contribution < 1.29 is 4.74 Å². The maximum absolute atomic E-state index is 9.04. The molecular weight excluding hydrogens is 292 g/mol. The van der Waals surface area contributed by atoms with Crippen molar-refractivity contribution in [3.63, 3.8) is 0 Å². The maximum atomic E-state index is 9.04. The van der Waals surface area contributed by atoms with Crippen molar-refractivity contribution in [2.75, 3.05) is 13.2 Å². The molecule has 1 aromatic carbocycles. The highest BCUT2D eigenvalue weighted by molar-refractivity contribution is 9.10. The second-order valence-electron chi connectivity index (χ2n) is 5.25. The van der Waals surface area contributed by atoms with Gasteiger partial charge in [0.15, 0.2) is 0 Å². The van der Waals surface area contributed by atoms with E-state index in [0.29, 0.717) is 6.54 Å². The minimum atomic E-state index is -0.343. The van der Waals surface area contributed by atoms with Crippen LogP contribution in [-0.4, -0.2) is 13.2 Å². The standard InChI is InChI=1S/C14H17BrN2O/c1-14(2,8-16)9-17-12-5-6-18-13-4-3-10(15)7-11(12)13/h3-4,7,12,17H,5-6,9H2,1-2H3. The van der Waals surface area contributed by atoms with Gasteiger partial charge in [-0.1, -0.05) is 15.9 Å². The van der Waals surface area contributed by atoms with Crippen LogP contribution >= 0.6 is 15.9 Å². The molecule has 1 N–H and O–H groups in total. The molecule has 0 saturated carbocycles. The predicted molar refractivity (Wildman–Crippen MR) is 74.4 cm³/mol. The highest BCUT2D eigenvalue weighted by atomic mass is 79.9. The lowest BCUT2D eigenvalue weighted by atomic mass is 9.93. The van der Waals surface area contributed by atoms with Gasteiger partial charge in [-0.05, 0) is 32.0 Å². The number of nitrogens with one attached hydrogen (secondary N) is 1. The van der Waals surface area contributed by atoms with Crippen molar-refractivity contribution in [2.24, 2.45) is 5.41 Å². The number of hydrogen-bond acceptors (Lipinski definition) is 3. The van der Waals surface area contributed by atoms with E-state index in [1.165, 1.54) is 5.56 Å². The summed E-state index contributed by atoms with van der Waals surface area (Å²) in [5.74, 6) is 0.941. The first-order valence-corrected chi connectivity index (χ1v) is 6.88. The monoisotopic (exact) mass is 308 g/mol. The van der Waals surface area contributed by atoms with E-state index in [4.69, 9.17) is 10.00 Å². The van der Waals surface area contributed by atoms with E-state index < -0.39 is 0 Å². The number of halogens is 1. The summed E-state index contributed by atoms with van der Waals surface area (Å²) in [6.07, 6.45) is 0.935. The van der Waals surface area contributed by atoms with Crippen LogP contribution in [0.3, 0.4) is 0 Å². The molecule has 1 unspecified atom stereocenters. The lowest BCUT2D eigenvalue weighted by Gasteiger charge is -2.29. The van der Waals surface area contributed by atoms with Crippen LogP contribution < -0.4 is 10.1 Å². The van der Waals surface area contributed by atoms with Crippen molar-refractivity contribution in [2.45, 2.75) is 26.3 Å². The molecule has 1 heterocycles. The molecule has 0 fully saturated rings. The van der Waals surface area contributed by atoms with Crippen LogP contribution in [0.5, 0.6) is 5.75 Å². The summed E-state index contributed by atoms with van der Waals surface area (Å²) < 4.78 is 6.69. The Morgan fingerprint density at radius 3 is 3.06 bits per heavy atom. The van der Waals surface area contributed by atoms with Crippen molar-refractivity contribution in [3.05, 3.63) is 28.2 Å². The molecule has 96 valence electrons. The van der Waals surface area contributed by atoms with Crippen molar-refractivity contribution in [1.82, 2.24) is 5.32 Å². The minimum Gasteiger partial charge on any atom is -0.493 e. The third-order valence-corrected chi connectivity index (χ3v) is 3.60. The zero-order valence-corrected chi connectivity index (χ0v) is 12.3. The molecule has 1 aromatic rings. The second-order valence-corrected chi connectivity index (χ2v) is 6.16. The molecule has 0 radical (unpaired) electrons. The quantitative estimate of drug-likeness (QED) is 0.930. The molecule has 1 aliphatic heterocycles. The molecule has 0 amide bonds. The van der Waals surface area contributed by atoms with E-state index >= 15 is 0 Å². The van der Waals surface area contributed by atoms with Crippen LogP contribution in [0.15, 0.2) is 22.7 Å². The van der Waals surface area contributed by atoms with Crippen LogP contribution in [-0.2, 0) is 0 Å². The largest absolute Gasteiger partial charge is 0.493 e. The van der Waals surface area contributed by atoms with Crippen LogP contribution in [0.4, 0.5) is 0 Å². The first-order chi connectivity index (χ1) is 8.52. The number of benzene rings is 1. The Kier molecular flexibility index (Phi) is 3.94. The van der Waals surface area contributed by atoms with E-state index in [0.717, 1.165) is 23.2 Å². The topological polar surface area (TPSA) is 45.0 Å². The van der Waals surface area contributed by atoms with Crippen molar-refractivity contribution >= 4 is 15.9 Å². The van der Waals surface area contributed by atoms with E-state index in [-0.39, 0.29) is 11.5 Å². The van der Waals surface area contributed by atoms with Gasteiger partial charge in [-0.15, -0.1) is 0 Å². The molecule has 3 nitrogen and oxygen atoms in total. The molecule has 0 spiro atoms. The molecule has 0 bridgehead atoms. The minimum absolute atomic E-state index is 0.263. The Labute approximate surface area is 116 Å². The number of fused-ring (bicyclic) bond motifs is 1. The first-order valence-electron chi connectivity index (χ1n) is 6.09. The highest BCUT2D eigenvalue weighted by Crippen LogP contribution is 2.34. The summed E-state index contributed by atoms with van der Waals surface area (Å²) in [6.45, 7) is 5.29. The zero-order valence-electron chi connectivity index (χ0n) is 10.7. The molecule has 1 aliphatic rings. The Hall–Kier alpha value is -1.05. The SMILES string of the molecule is CC(C)(C#N)CNC1CCOc2ccc(Br)cc21. The molecule has 0 saturated heterocycles. The normalized spacial score (nSPS) is 18.7. The molecular formula is C14H17BrN2O. The van der Waals surface area contributed by atoms with Gasteiger partial charge in [0, 0.05) is 29.0 Å². The Morgan fingerprint density at radius 1 is 1.56 bits per heavy atom. The highest BCUT2D eigenvalue weighted by Gasteiger charge is 2.24. The lowest BCUT2D eigenvalue weighted by Crippen LogP contribution is -2.34. The van der Waals surface area contributed by atoms with Gasteiger partial charge in [0.2, 0.25) is 0 Å². The van der Waals surface area contributed by atoms with Crippen LogP contribution in [0.1, 0.15) is 31.9 Å². The van der Waals surface area contributed by atoms with Crippen molar-refractivity contribution in [1.29, 1.82) is 5.26 Å².